The van der Waals surface area contributed by atoms with E-state index in [2.05, 4.69) is 71.8 Å². The van der Waals surface area contributed by atoms with E-state index in [1.165, 1.54) is 0 Å². The Morgan fingerprint density at radius 3 is 0.506 bits per heavy atom. The smallest absolute Gasteiger partial charge is 0.187 e. The van der Waals surface area contributed by atoms with E-state index in [9.17, 15) is 86.8 Å². The van der Waals surface area contributed by atoms with Crippen LogP contribution in [0.4, 0.5) is 0 Å². The molecule has 21 N–H and O–H groups in total. The monoisotopic (exact) mass is 1370 g/mol. The Hall–Kier alpha value is -0.000000000000000500. The number of thiol groups is 4. The van der Waals surface area contributed by atoms with Crippen LogP contribution < -0.4 is 21.3 Å². The molecule has 21 aliphatic rings. The van der Waals surface area contributed by atoms with Crippen molar-refractivity contribution in [2.75, 3.05) is 95.2 Å². The summed E-state index contributed by atoms with van der Waals surface area (Å²) in [6, 6.07) is 0. The fourth-order valence-corrected chi connectivity index (χ4v) is 12.4. The fourth-order valence-electron chi connectivity index (χ4n) is 11.8. The van der Waals surface area contributed by atoms with Crippen LogP contribution >= 0.6 is 50.5 Å². The average molecular weight is 1370 g/mol. The molecule has 0 amide bonds. The Kier molecular flexibility index (Phi) is 29.4. The highest BCUT2D eigenvalue weighted by Crippen LogP contribution is 2.39. The standard InChI is InChI=1S/C50H90N4O31S4/c55-13-20-41-28(63)35(70)49(77-20)81-39-18(11-53-3-7-88)75-47(33(68)26(39)61)85-43-22(15-57)78-50(36(71)29(43)64)82-40-19(12-54-4-8-89)74-46(32(67)25(40)60)84-42-21(14-56)76-48(34(69)27(42)62)80-38-17(10-52-2-6-87)72-44(30(65)23(38)58)79-37-16(9-51-1-5-86)73-45(83-41)31(66)24(37)59/h16-71,86-89H,1-15H2/t16-,17-,18-,19-,20-,21-,22-,23-,24-,25-,26-,27-,28-,29-,30-,31-,32-,33-,34-,35-,36-,37-,38-,39-,40-,41-,42-,43-,44-,45-,46-,47-,48-,49-,50-/m1/s1. The van der Waals surface area contributed by atoms with Gasteiger partial charge in [-0.2, -0.15) is 50.5 Å². The third-order valence-electron chi connectivity index (χ3n) is 16.6. The highest BCUT2D eigenvalue weighted by Gasteiger charge is 2.59. The minimum Gasteiger partial charge on any atom is -0.394 e. The Labute approximate surface area is 532 Å². The van der Waals surface area contributed by atoms with Gasteiger partial charge in [-0.15, -0.1) is 0 Å². The molecule has 0 aromatic rings. The third kappa shape index (κ3) is 17.3. The molecule has 39 heteroatoms. The molecule has 21 heterocycles. The predicted molar refractivity (Wildman–Crippen MR) is 307 cm³/mol. The van der Waals surface area contributed by atoms with Crippen LogP contribution in [0.2, 0.25) is 0 Å². The molecule has 0 aliphatic carbocycles. The van der Waals surface area contributed by atoms with Gasteiger partial charge in [-0.3, -0.25) is 0 Å². The summed E-state index contributed by atoms with van der Waals surface area (Å²) in [6.45, 7) is -2.74. The van der Waals surface area contributed by atoms with Crippen molar-refractivity contribution in [3.8, 4) is 0 Å². The summed E-state index contributed by atoms with van der Waals surface area (Å²) in [4.78, 5) is 0. The van der Waals surface area contributed by atoms with Crippen LogP contribution in [0.25, 0.3) is 0 Å². The first-order valence-electron chi connectivity index (χ1n) is 29.4. The molecule has 21 fully saturated rings. The minimum absolute atomic E-state index is 0.191. The molecule has 0 spiro atoms. The molecule has 21 aliphatic heterocycles. The summed E-state index contributed by atoms with van der Waals surface area (Å²) in [7, 11) is 0. The van der Waals surface area contributed by atoms with Crippen molar-refractivity contribution < 1.29 is 153 Å². The summed E-state index contributed by atoms with van der Waals surface area (Å²) in [6.07, 6.45) is -65.0. The van der Waals surface area contributed by atoms with Gasteiger partial charge in [0.1, 0.15) is 171 Å². The second-order valence-electron chi connectivity index (χ2n) is 22.6. The highest BCUT2D eigenvalue weighted by atomic mass is 32.1. The lowest BCUT2D eigenvalue weighted by Crippen LogP contribution is -2.69. The average Bonchev–Trinajstić information content (AvgIpc) is 1.67. The maximum Gasteiger partial charge on any atom is 0.187 e. The number of aliphatic hydroxyl groups is 17. The number of ether oxygens (including phenoxy) is 14. The molecule has 0 saturated carbocycles. The maximum atomic E-state index is 11.9. The van der Waals surface area contributed by atoms with Crippen LogP contribution in [0.3, 0.4) is 0 Å². The first-order chi connectivity index (χ1) is 42.7. The number of hydrogen-bond donors (Lipinski definition) is 25. The molecule has 21 saturated heterocycles. The van der Waals surface area contributed by atoms with Crippen molar-refractivity contribution in [1.29, 1.82) is 0 Å². The van der Waals surface area contributed by atoms with E-state index in [0.717, 1.165) is 0 Å². The van der Waals surface area contributed by atoms with Crippen LogP contribution in [0.5, 0.6) is 0 Å². The van der Waals surface area contributed by atoms with Gasteiger partial charge in [0.05, 0.1) is 19.8 Å². The number of hydrogen-bond acceptors (Lipinski definition) is 39. The zero-order valence-electron chi connectivity index (χ0n) is 47.9. The molecule has 520 valence electrons. The summed E-state index contributed by atoms with van der Waals surface area (Å²) in [5.41, 5.74) is 0. The van der Waals surface area contributed by atoms with Gasteiger partial charge in [0.2, 0.25) is 0 Å². The number of rotatable bonds is 19. The second kappa shape index (κ2) is 35.0. The quantitative estimate of drug-likeness (QED) is 0.0422. The van der Waals surface area contributed by atoms with E-state index in [4.69, 9.17) is 66.3 Å². The van der Waals surface area contributed by atoms with Crippen LogP contribution in [0.15, 0.2) is 0 Å². The highest BCUT2D eigenvalue weighted by molar-refractivity contribution is 7.80. The van der Waals surface area contributed by atoms with Crippen molar-refractivity contribution >= 4 is 50.5 Å². The van der Waals surface area contributed by atoms with Gasteiger partial charge in [-0.1, -0.05) is 0 Å². The lowest BCUT2D eigenvalue weighted by Gasteiger charge is -2.50. The molecular weight excluding hydrogens is 1280 g/mol. The molecule has 89 heavy (non-hydrogen) atoms. The molecule has 21 rings (SSSR count). The molecule has 35 atom stereocenters. The van der Waals surface area contributed by atoms with Gasteiger partial charge < -0.3 is 174 Å². The normalized spacial score (nSPS) is 49.5. The second-order valence-corrected chi connectivity index (χ2v) is 24.4. The lowest BCUT2D eigenvalue weighted by molar-refractivity contribution is -0.394. The molecule has 0 unspecified atom stereocenters. The molecule has 14 bridgehead atoms. The van der Waals surface area contributed by atoms with Crippen LogP contribution in [0.1, 0.15) is 0 Å². The first kappa shape index (κ1) is 74.8. The van der Waals surface area contributed by atoms with Crippen LogP contribution in [-0.2, 0) is 66.3 Å². The lowest BCUT2D eigenvalue weighted by atomic mass is 9.94. The van der Waals surface area contributed by atoms with Crippen molar-refractivity contribution in [2.45, 2.75) is 215 Å². The molecular formula is C50H90N4O31S4. The van der Waals surface area contributed by atoms with Crippen LogP contribution in [0, 0.1) is 0 Å². The summed E-state index contributed by atoms with van der Waals surface area (Å²) in [5.74, 6) is 1.17. The van der Waals surface area contributed by atoms with E-state index in [0.29, 0.717) is 11.5 Å². The third-order valence-corrected chi connectivity index (χ3v) is 17.5. The van der Waals surface area contributed by atoms with Gasteiger partial charge in [-0.05, 0) is 0 Å². The Bertz CT molecular complexity index is 2060. The molecule has 0 aromatic heterocycles. The number of aliphatic hydroxyl groups excluding tert-OH is 17. The van der Waals surface area contributed by atoms with Gasteiger partial charge >= 0.3 is 0 Å². The predicted octanol–water partition coefficient (Wildman–Crippen LogP) is -13.1. The SMILES string of the molecule is OC[C@H]1O[C@@H]2O[C@H]3[C@H](O)[C@@H](O)[C@@H](O[C@H]4[C@H](O)[C@@H](O)[C@@H](O[C@H]5[C@H](O)[C@@H](O)[C@@H](O[C@H]6[C@H](O)[C@@H](O)[C@@H](O[C@H]7[C@H](O)[C@@H](O)[C@@H](O[C@H]8[C@H](O)[C@@H](O)[C@@H](O[C@H]1[C@H](O)[C@H]2O)O[C@@H]8CNCCS)O[C@@H]7CO)O[C@@H]6CNCCS)O[C@@H]5CNCCS)O[C@@H]4CO)O[C@@H]3CNCCS. The Morgan fingerprint density at radius 2 is 0.360 bits per heavy atom. The van der Waals surface area contributed by atoms with Crippen molar-refractivity contribution in [3.63, 3.8) is 0 Å². The minimum atomic E-state index is -2.12. The molecule has 0 radical (unpaired) electrons. The van der Waals surface area contributed by atoms with Gasteiger partial charge in [-0.25, -0.2) is 0 Å². The summed E-state index contributed by atoms with van der Waals surface area (Å²) in [5, 5.41) is 208. The topological polar surface area (TPSA) is 521 Å². The van der Waals surface area contributed by atoms with E-state index >= 15 is 0 Å². The van der Waals surface area contributed by atoms with Gasteiger partial charge in [0.25, 0.3) is 0 Å². The van der Waals surface area contributed by atoms with E-state index < -0.39 is 235 Å². The largest absolute Gasteiger partial charge is 0.394 e. The zero-order valence-corrected chi connectivity index (χ0v) is 51.5. The molecule has 35 nitrogen and oxygen atoms in total. The van der Waals surface area contributed by atoms with Crippen molar-refractivity contribution in [3.05, 3.63) is 0 Å². The zero-order chi connectivity index (χ0) is 64.5. The van der Waals surface area contributed by atoms with Crippen molar-refractivity contribution in [1.82, 2.24) is 21.3 Å². The van der Waals surface area contributed by atoms with E-state index in [1.54, 1.807) is 0 Å². The van der Waals surface area contributed by atoms with E-state index in [-0.39, 0.29) is 63.9 Å². The molecule has 0 aromatic carbocycles. The number of nitrogens with one attached hydrogen (secondary N) is 4. The first-order valence-corrected chi connectivity index (χ1v) is 32.0. The van der Waals surface area contributed by atoms with Crippen LogP contribution in [-0.4, -0.2) is 397 Å². The van der Waals surface area contributed by atoms with Crippen molar-refractivity contribution in [2.24, 2.45) is 0 Å². The Morgan fingerprint density at radius 1 is 0.213 bits per heavy atom. The maximum absolute atomic E-state index is 11.9. The van der Waals surface area contributed by atoms with E-state index in [1.807, 2.05) is 0 Å². The summed E-state index contributed by atoms with van der Waals surface area (Å²) < 4.78 is 84.7. The van der Waals surface area contributed by atoms with Gasteiger partial charge in [0, 0.05) is 75.4 Å². The Balaban J connectivity index is 1.13. The van der Waals surface area contributed by atoms with Gasteiger partial charge in [0.15, 0.2) is 44.0 Å². The summed E-state index contributed by atoms with van der Waals surface area (Å²) >= 11 is 16.9. The fraction of sp³-hybridized carbons (Fsp3) is 1.00.